The van der Waals surface area contributed by atoms with Crippen LogP contribution < -0.4 is 0 Å². The topological polar surface area (TPSA) is 74.2 Å². The number of nitrogens with zero attached hydrogens (tertiary/aromatic N) is 1. The van der Waals surface area contributed by atoms with Crippen molar-refractivity contribution in [1.82, 2.24) is 0 Å². The Bertz CT molecular complexity index is 1300. The van der Waals surface area contributed by atoms with Gasteiger partial charge in [0.25, 0.3) is 0 Å². The van der Waals surface area contributed by atoms with Gasteiger partial charge < -0.3 is 18.9 Å². The third-order valence-corrected chi connectivity index (χ3v) is 9.81. The number of alkyl halides is 17. The van der Waals surface area contributed by atoms with Crippen LogP contribution in [0, 0.1) is 0 Å². The third kappa shape index (κ3) is 16.9. The highest BCUT2D eigenvalue weighted by Gasteiger charge is 2.95. The van der Waals surface area contributed by atoms with E-state index in [1.165, 1.54) is 32.1 Å². The number of hydrogen-bond acceptors (Lipinski definition) is 5. The number of phosphoric ester groups is 1. The zero-order chi connectivity index (χ0) is 47.0. The Labute approximate surface area is 338 Å². The molecule has 0 saturated carbocycles. The number of allylic oxidation sites excluding steroid dienone is 2. The number of quaternary nitrogens is 1. The van der Waals surface area contributed by atoms with E-state index in [2.05, 4.69) is 6.92 Å². The van der Waals surface area contributed by atoms with Gasteiger partial charge in [-0.05, 0) is 25.3 Å². The standard InChI is InChI=1S/C35H55F17NO6P/c1-5-6-7-8-9-10-11-12-13-14-15-19-23-57-27(26-59-60(54,55)58-24-21-53(2,3)4)25-56-22-18-16-17-20-28(36,37)29(38,39)30(40,41)31(42,43)32(44,45)33(46,47)34(48,49)35(50,51)52/h17,20,27H,5-16,18-19,21-26H2,1-4H3/p+1/b20-17+. The largest absolute Gasteiger partial charge is 0.472 e. The lowest BCUT2D eigenvalue weighted by atomic mass is 9.89. The highest BCUT2D eigenvalue weighted by atomic mass is 31.2. The van der Waals surface area contributed by atoms with E-state index in [9.17, 15) is 84.1 Å². The fourth-order valence-electron chi connectivity index (χ4n) is 5.01. The summed E-state index contributed by atoms with van der Waals surface area (Å²) >= 11 is 0. The average Bonchev–Trinajstić information content (AvgIpc) is 3.10. The molecule has 0 spiro atoms. The number of halogens is 17. The summed E-state index contributed by atoms with van der Waals surface area (Å²) in [6.45, 7) is 1.01. The summed E-state index contributed by atoms with van der Waals surface area (Å²) in [6.07, 6.45) is 1.19. The van der Waals surface area contributed by atoms with Crippen LogP contribution in [0.15, 0.2) is 12.2 Å². The van der Waals surface area contributed by atoms with E-state index in [-0.39, 0.29) is 19.3 Å². The van der Waals surface area contributed by atoms with E-state index in [0.29, 0.717) is 17.4 Å². The van der Waals surface area contributed by atoms with Gasteiger partial charge in [0, 0.05) is 13.2 Å². The molecular weight excluding hydrogens is 884 g/mol. The van der Waals surface area contributed by atoms with E-state index >= 15 is 0 Å². The Morgan fingerprint density at radius 3 is 1.43 bits per heavy atom. The first kappa shape index (κ1) is 58.5. The maximum absolute atomic E-state index is 14.1. The van der Waals surface area contributed by atoms with E-state index in [4.69, 9.17) is 18.5 Å². The van der Waals surface area contributed by atoms with Crippen LogP contribution >= 0.6 is 7.82 Å². The lowest BCUT2D eigenvalue weighted by Crippen LogP contribution is -2.74. The van der Waals surface area contributed by atoms with Crippen molar-refractivity contribution in [3.63, 3.8) is 0 Å². The number of hydrogen-bond donors (Lipinski definition) is 1. The first-order valence-corrected chi connectivity index (χ1v) is 20.6. The molecule has 0 aliphatic rings. The molecule has 2 atom stereocenters. The molecule has 1 N–H and O–H groups in total. The maximum Gasteiger partial charge on any atom is 0.472 e. The third-order valence-electron chi connectivity index (χ3n) is 8.83. The first-order chi connectivity index (χ1) is 27.1. The summed E-state index contributed by atoms with van der Waals surface area (Å²) in [5, 5.41) is 0. The Balaban J connectivity index is 5.39. The molecule has 0 aliphatic carbocycles. The van der Waals surface area contributed by atoms with Gasteiger partial charge >= 0.3 is 55.5 Å². The SMILES string of the molecule is CCCCCCCCCCCCCCOC(COCCC/C=C/C(F)(F)C(F)(F)C(F)(F)C(F)(F)C(F)(F)C(F)(F)C(F)(F)C(F)(F)F)COP(=O)(O)OCC[N+](C)(C)C. The van der Waals surface area contributed by atoms with Crippen LogP contribution in [-0.2, 0) is 23.1 Å². The van der Waals surface area contributed by atoms with E-state index < -0.39 is 100 Å². The molecule has 0 aromatic carbocycles. The summed E-state index contributed by atoms with van der Waals surface area (Å²) in [5.41, 5.74) is 0. The summed E-state index contributed by atoms with van der Waals surface area (Å²) in [4.78, 5) is 10.0. The first-order valence-electron chi connectivity index (χ1n) is 19.1. The van der Waals surface area contributed by atoms with Gasteiger partial charge in [0.1, 0.15) is 19.3 Å². The van der Waals surface area contributed by atoms with Crippen LogP contribution in [-0.4, -0.2) is 124 Å². The maximum atomic E-state index is 14.1. The van der Waals surface area contributed by atoms with E-state index in [0.717, 1.165) is 38.5 Å². The molecule has 0 bridgehead atoms. The molecule has 0 aliphatic heterocycles. The van der Waals surface area contributed by atoms with Gasteiger partial charge in [-0.15, -0.1) is 0 Å². The molecule has 2 unspecified atom stereocenters. The van der Waals surface area contributed by atoms with Crippen LogP contribution in [0.1, 0.15) is 96.8 Å². The minimum absolute atomic E-state index is 0.0730. The van der Waals surface area contributed by atoms with Gasteiger partial charge in [-0.3, -0.25) is 9.05 Å². The molecule has 0 saturated heterocycles. The molecule has 0 fully saturated rings. The quantitative estimate of drug-likeness (QED) is 0.0228. The molecular formula is C35H56F17NO6P+. The summed E-state index contributed by atoms with van der Waals surface area (Å²) in [5.74, 6) is -56.9. The minimum Gasteiger partial charge on any atom is -0.379 e. The minimum atomic E-state index is -8.69. The normalized spacial score (nSPS) is 16.2. The van der Waals surface area contributed by atoms with Gasteiger partial charge in [-0.1, -0.05) is 83.6 Å². The molecule has 360 valence electrons. The van der Waals surface area contributed by atoms with Crippen molar-refractivity contribution in [2.75, 3.05) is 60.7 Å². The molecule has 7 nitrogen and oxygen atoms in total. The van der Waals surface area contributed by atoms with Gasteiger partial charge in [0.05, 0.1) is 34.4 Å². The Kier molecular flexibility index (Phi) is 23.4. The number of unbranched alkanes of at least 4 members (excludes halogenated alkanes) is 12. The number of likely N-dealkylation sites (N-methyl/N-ethyl adjacent to an activating group) is 1. The number of phosphoric acid groups is 1. The summed E-state index contributed by atoms with van der Waals surface area (Å²) in [7, 11) is 0.783. The van der Waals surface area contributed by atoms with Gasteiger partial charge in [0.2, 0.25) is 0 Å². The van der Waals surface area contributed by atoms with Crippen molar-refractivity contribution in [2.45, 2.75) is 151 Å². The fourth-order valence-corrected chi connectivity index (χ4v) is 5.75. The smallest absolute Gasteiger partial charge is 0.379 e. The molecule has 60 heavy (non-hydrogen) atoms. The predicted molar refractivity (Wildman–Crippen MR) is 185 cm³/mol. The second-order valence-electron chi connectivity index (χ2n) is 15.2. The van der Waals surface area contributed by atoms with Crippen molar-refractivity contribution < 1.29 is 107 Å². The lowest BCUT2D eigenvalue weighted by molar-refractivity contribution is -0.870. The second kappa shape index (κ2) is 24.0. The van der Waals surface area contributed by atoms with Crippen LogP contribution in [0.25, 0.3) is 0 Å². The summed E-state index contributed by atoms with van der Waals surface area (Å²) in [6, 6.07) is 0. The highest BCUT2D eigenvalue weighted by molar-refractivity contribution is 7.47. The molecule has 0 radical (unpaired) electrons. The average molecular weight is 941 g/mol. The molecule has 25 heteroatoms. The zero-order valence-corrected chi connectivity index (χ0v) is 34.6. The van der Waals surface area contributed by atoms with E-state index in [1.807, 2.05) is 0 Å². The number of ether oxygens (including phenoxy) is 2. The Morgan fingerprint density at radius 2 is 0.983 bits per heavy atom. The Hall–Kier alpha value is -1.46. The van der Waals surface area contributed by atoms with Crippen molar-refractivity contribution in [3.05, 3.63) is 12.2 Å². The molecule has 0 heterocycles. The van der Waals surface area contributed by atoms with Crippen LogP contribution in [0.3, 0.4) is 0 Å². The monoisotopic (exact) mass is 940 g/mol. The lowest BCUT2D eigenvalue weighted by Gasteiger charge is -2.42. The van der Waals surface area contributed by atoms with Crippen LogP contribution in [0.4, 0.5) is 74.6 Å². The van der Waals surface area contributed by atoms with Crippen molar-refractivity contribution in [3.8, 4) is 0 Å². The van der Waals surface area contributed by atoms with Crippen molar-refractivity contribution in [1.29, 1.82) is 0 Å². The predicted octanol–water partition coefficient (Wildman–Crippen LogP) is 12.3. The molecule has 0 amide bonds. The fraction of sp³-hybridized carbons (Fsp3) is 0.943. The van der Waals surface area contributed by atoms with Crippen LogP contribution in [0.5, 0.6) is 0 Å². The highest BCUT2D eigenvalue weighted by Crippen LogP contribution is 2.64. The van der Waals surface area contributed by atoms with E-state index in [1.54, 1.807) is 21.1 Å². The summed E-state index contributed by atoms with van der Waals surface area (Å²) < 4.78 is 263. The molecule has 0 aromatic heterocycles. The Morgan fingerprint density at radius 1 is 0.550 bits per heavy atom. The number of rotatable bonds is 34. The van der Waals surface area contributed by atoms with Crippen molar-refractivity contribution in [2.24, 2.45) is 0 Å². The second-order valence-corrected chi connectivity index (χ2v) is 16.6. The van der Waals surface area contributed by atoms with Gasteiger partial charge in [-0.25, -0.2) is 4.57 Å². The molecule has 0 aromatic rings. The van der Waals surface area contributed by atoms with Gasteiger partial charge in [-0.2, -0.15) is 74.6 Å². The van der Waals surface area contributed by atoms with Gasteiger partial charge in [0.15, 0.2) is 0 Å². The van der Waals surface area contributed by atoms with Crippen LogP contribution in [0.2, 0.25) is 0 Å². The molecule has 0 rings (SSSR count). The zero-order valence-electron chi connectivity index (χ0n) is 33.7. The van der Waals surface area contributed by atoms with Crippen molar-refractivity contribution >= 4 is 7.82 Å².